The van der Waals surface area contributed by atoms with Crippen molar-refractivity contribution in [3.05, 3.63) is 58.1 Å². The summed E-state index contributed by atoms with van der Waals surface area (Å²) in [7, 11) is -1.78. The fourth-order valence-corrected chi connectivity index (χ4v) is 4.91. The fourth-order valence-electron chi connectivity index (χ4n) is 3.95. The van der Waals surface area contributed by atoms with Crippen molar-refractivity contribution in [1.82, 2.24) is 5.32 Å². The maximum Gasteiger partial charge on any atom is 0.232 e. The van der Waals surface area contributed by atoms with Crippen LogP contribution in [0.5, 0.6) is 5.75 Å². The van der Waals surface area contributed by atoms with Crippen molar-refractivity contribution in [2.75, 3.05) is 24.2 Å². The number of aryl methyl sites for hydroxylation is 3. The Morgan fingerprint density at radius 1 is 1.00 bits per heavy atom. The minimum Gasteiger partial charge on any atom is -0.496 e. The summed E-state index contributed by atoms with van der Waals surface area (Å²) in [6, 6.07) is 9.56. The molecule has 0 fully saturated rings. The summed E-state index contributed by atoms with van der Waals surface area (Å²) in [5.74, 6) is 1.06. The zero-order chi connectivity index (χ0) is 24.9. The zero-order valence-corrected chi connectivity index (χ0v) is 22.0. The molecule has 0 aliphatic carbocycles. The van der Waals surface area contributed by atoms with Gasteiger partial charge in [-0.3, -0.25) is 9.10 Å². The molecule has 0 bridgehead atoms. The molecule has 0 heterocycles. The number of carbonyl (C=O) groups is 1. The predicted molar refractivity (Wildman–Crippen MR) is 136 cm³/mol. The van der Waals surface area contributed by atoms with Gasteiger partial charge in [0.1, 0.15) is 5.75 Å². The Bertz CT molecular complexity index is 1090. The van der Waals surface area contributed by atoms with Crippen LogP contribution in [0, 0.1) is 20.8 Å². The number of carbonyl (C=O) groups excluding carboxylic acids is 1. The third-order valence-corrected chi connectivity index (χ3v) is 7.22. The van der Waals surface area contributed by atoms with Crippen molar-refractivity contribution in [3.63, 3.8) is 0 Å². The number of nitrogens with one attached hydrogen (secondary N) is 1. The average Bonchev–Trinajstić information content (AvgIpc) is 2.71. The highest BCUT2D eigenvalue weighted by Gasteiger charge is 2.20. The van der Waals surface area contributed by atoms with Crippen LogP contribution in [-0.4, -0.2) is 34.2 Å². The number of rotatable bonds is 10. The van der Waals surface area contributed by atoms with Crippen LogP contribution in [0.2, 0.25) is 0 Å². The summed E-state index contributed by atoms with van der Waals surface area (Å²) in [6.07, 6.45) is 1.87. The van der Waals surface area contributed by atoms with Crippen LogP contribution in [0.4, 0.5) is 5.69 Å². The molecule has 6 nitrogen and oxygen atoms in total. The number of benzene rings is 2. The van der Waals surface area contributed by atoms with Gasteiger partial charge in [-0.05, 0) is 92.1 Å². The number of hydrogen-bond acceptors (Lipinski definition) is 4. The number of methoxy groups -OCH3 is 1. The monoisotopic (exact) mass is 474 g/mol. The van der Waals surface area contributed by atoms with E-state index in [9.17, 15) is 13.2 Å². The zero-order valence-electron chi connectivity index (χ0n) is 21.2. The van der Waals surface area contributed by atoms with Crippen molar-refractivity contribution in [2.24, 2.45) is 0 Å². The van der Waals surface area contributed by atoms with Crippen LogP contribution in [0.25, 0.3) is 0 Å². The van der Waals surface area contributed by atoms with E-state index in [1.165, 1.54) is 10.6 Å². The molecule has 1 atom stereocenters. The minimum absolute atomic E-state index is 0.0997. The van der Waals surface area contributed by atoms with Crippen molar-refractivity contribution in [2.45, 2.75) is 66.3 Å². The lowest BCUT2D eigenvalue weighted by Gasteiger charge is -2.24. The van der Waals surface area contributed by atoms with Gasteiger partial charge in [-0.15, -0.1) is 0 Å². The molecule has 2 aromatic rings. The second-order valence-electron chi connectivity index (χ2n) is 9.10. The Balaban J connectivity index is 2.05. The highest BCUT2D eigenvalue weighted by Crippen LogP contribution is 2.32. The lowest BCUT2D eigenvalue weighted by molar-refractivity contribution is -0.121. The summed E-state index contributed by atoms with van der Waals surface area (Å²) < 4.78 is 31.6. The van der Waals surface area contributed by atoms with Gasteiger partial charge < -0.3 is 10.1 Å². The van der Waals surface area contributed by atoms with Gasteiger partial charge in [0.15, 0.2) is 0 Å². The smallest absolute Gasteiger partial charge is 0.232 e. The van der Waals surface area contributed by atoms with E-state index in [4.69, 9.17) is 4.74 Å². The first kappa shape index (κ1) is 26.7. The number of ether oxygens (including phenoxy) is 1. The minimum atomic E-state index is -3.45. The quantitative estimate of drug-likeness (QED) is 0.516. The summed E-state index contributed by atoms with van der Waals surface area (Å²) in [5.41, 5.74) is 5.99. The van der Waals surface area contributed by atoms with E-state index in [1.807, 2.05) is 52.0 Å². The molecular weight excluding hydrogens is 436 g/mol. The molecule has 1 amide bonds. The molecule has 2 rings (SSSR count). The van der Waals surface area contributed by atoms with Gasteiger partial charge in [0.2, 0.25) is 15.9 Å². The van der Waals surface area contributed by atoms with Crippen LogP contribution in [0.3, 0.4) is 0 Å². The van der Waals surface area contributed by atoms with Gasteiger partial charge in [0, 0.05) is 13.0 Å². The van der Waals surface area contributed by atoms with E-state index in [0.29, 0.717) is 18.0 Å². The van der Waals surface area contributed by atoms with Gasteiger partial charge in [-0.1, -0.05) is 19.9 Å². The first-order valence-corrected chi connectivity index (χ1v) is 13.2. The Morgan fingerprint density at radius 3 is 2.21 bits per heavy atom. The van der Waals surface area contributed by atoms with Crippen LogP contribution >= 0.6 is 0 Å². The normalized spacial score (nSPS) is 12.5. The summed E-state index contributed by atoms with van der Waals surface area (Å²) in [5, 5.41) is 3.06. The van der Waals surface area contributed by atoms with E-state index in [0.717, 1.165) is 33.6 Å². The Morgan fingerprint density at radius 2 is 1.67 bits per heavy atom. The van der Waals surface area contributed by atoms with Crippen molar-refractivity contribution in [1.29, 1.82) is 0 Å². The maximum atomic E-state index is 12.6. The van der Waals surface area contributed by atoms with Crippen LogP contribution in [0.1, 0.15) is 73.4 Å². The number of hydrogen-bond donors (Lipinski definition) is 1. The highest BCUT2D eigenvalue weighted by molar-refractivity contribution is 7.92. The van der Waals surface area contributed by atoms with Gasteiger partial charge in [0.05, 0.1) is 25.1 Å². The molecule has 182 valence electrons. The summed E-state index contributed by atoms with van der Waals surface area (Å²) in [6.45, 7) is 12.4. The lowest BCUT2D eigenvalue weighted by Crippen LogP contribution is -2.32. The molecule has 0 aliphatic rings. The number of nitrogens with zero attached hydrogens (tertiary/aromatic N) is 1. The third-order valence-electron chi connectivity index (χ3n) is 6.03. The molecule has 0 unspecified atom stereocenters. The molecule has 33 heavy (non-hydrogen) atoms. The van der Waals surface area contributed by atoms with Crippen molar-refractivity contribution < 1.29 is 17.9 Å². The lowest BCUT2D eigenvalue weighted by atomic mass is 9.93. The molecule has 0 aliphatic heterocycles. The molecule has 1 N–H and O–H groups in total. The van der Waals surface area contributed by atoms with Crippen molar-refractivity contribution in [3.8, 4) is 5.75 Å². The van der Waals surface area contributed by atoms with Crippen LogP contribution in [-0.2, 0) is 14.8 Å². The molecule has 0 spiro atoms. The van der Waals surface area contributed by atoms with Crippen LogP contribution < -0.4 is 14.4 Å². The molecule has 7 heteroatoms. The van der Waals surface area contributed by atoms with Gasteiger partial charge >= 0.3 is 0 Å². The first-order valence-electron chi connectivity index (χ1n) is 11.4. The average molecular weight is 475 g/mol. The highest BCUT2D eigenvalue weighted by atomic mass is 32.2. The summed E-state index contributed by atoms with van der Waals surface area (Å²) >= 11 is 0. The number of amides is 1. The van der Waals surface area contributed by atoms with E-state index in [-0.39, 0.29) is 24.9 Å². The molecule has 0 radical (unpaired) electrons. The SMILES string of the molecule is COc1cc(C)c([C@@H](C)NC(=O)CCCN(c2ccc(C)c(C)c2)S(C)(=O)=O)cc1C(C)C. The predicted octanol–water partition coefficient (Wildman–Crippen LogP) is 5.17. The van der Waals surface area contributed by atoms with E-state index < -0.39 is 10.0 Å². The van der Waals surface area contributed by atoms with E-state index in [2.05, 4.69) is 25.2 Å². The van der Waals surface area contributed by atoms with E-state index in [1.54, 1.807) is 7.11 Å². The first-order chi connectivity index (χ1) is 15.3. The molecule has 0 saturated heterocycles. The summed E-state index contributed by atoms with van der Waals surface area (Å²) in [4.78, 5) is 12.6. The Kier molecular flexibility index (Phi) is 8.95. The second-order valence-corrected chi connectivity index (χ2v) is 11.0. The fraction of sp³-hybridized carbons (Fsp3) is 0.500. The standard InChI is InChI=1S/C26H38N2O4S/c1-17(2)23-16-24(20(5)15-25(23)32-7)21(6)27-26(29)10-9-13-28(33(8,30)31)22-12-11-18(3)19(4)14-22/h11-12,14-17,21H,9-10,13H2,1-8H3,(H,27,29)/t21-/m1/s1. The Hall–Kier alpha value is -2.54. The maximum absolute atomic E-state index is 12.6. The van der Waals surface area contributed by atoms with E-state index >= 15 is 0 Å². The third kappa shape index (κ3) is 6.97. The number of anilines is 1. The van der Waals surface area contributed by atoms with Crippen molar-refractivity contribution >= 4 is 21.6 Å². The van der Waals surface area contributed by atoms with Gasteiger partial charge in [-0.2, -0.15) is 0 Å². The molecular formula is C26H38N2O4S. The second kappa shape index (κ2) is 11.1. The largest absolute Gasteiger partial charge is 0.496 e. The van der Waals surface area contributed by atoms with Gasteiger partial charge in [0.25, 0.3) is 0 Å². The molecule has 2 aromatic carbocycles. The molecule has 0 saturated carbocycles. The molecule has 0 aromatic heterocycles. The Labute approximate surface area is 199 Å². The van der Waals surface area contributed by atoms with Crippen LogP contribution in [0.15, 0.2) is 30.3 Å². The van der Waals surface area contributed by atoms with Gasteiger partial charge in [-0.25, -0.2) is 8.42 Å². The topological polar surface area (TPSA) is 75.7 Å². The number of sulfonamides is 1.